The van der Waals surface area contributed by atoms with Gasteiger partial charge in [0.2, 0.25) is 0 Å². The number of nitrogens with zero attached hydrogens (tertiary/aromatic N) is 2. The van der Waals surface area contributed by atoms with Gasteiger partial charge in [0, 0.05) is 31.3 Å². The highest BCUT2D eigenvalue weighted by molar-refractivity contribution is 7.98. The van der Waals surface area contributed by atoms with E-state index in [-0.39, 0.29) is 23.2 Å². The molecule has 0 unspecified atom stereocenters. The molecule has 0 aromatic heterocycles. The minimum Gasteiger partial charge on any atom is -0.379 e. The molecule has 1 amide bonds. The van der Waals surface area contributed by atoms with E-state index >= 15 is 0 Å². The zero-order valence-electron chi connectivity index (χ0n) is 16.6. The van der Waals surface area contributed by atoms with Crippen molar-refractivity contribution < 1.29 is 14.5 Å². The lowest BCUT2D eigenvalue weighted by Gasteiger charge is -2.31. The van der Waals surface area contributed by atoms with Gasteiger partial charge in [-0.2, -0.15) is 0 Å². The van der Waals surface area contributed by atoms with Gasteiger partial charge in [0.1, 0.15) is 0 Å². The van der Waals surface area contributed by atoms with Gasteiger partial charge >= 0.3 is 0 Å². The molecule has 1 saturated heterocycles. The number of morpholine rings is 1. The summed E-state index contributed by atoms with van der Waals surface area (Å²) in [7, 11) is 0. The van der Waals surface area contributed by atoms with Crippen LogP contribution in [0.3, 0.4) is 0 Å². The number of nitro benzene ring substituents is 1. The minimum absolute atomic E-state index is 0.0507. The highest BCUT2D eigenvalue weighted by atomic mass is 32.2. The van der Waals surface area contributed by atoms with Gasteiger partial charge in [-0.25, -0.2) is 0 Å². The lowest BCUT2D eigenvalue weighted by Crippen LogP contribution is -2.43. The van der Waals surface area contributed by atoms with E-state index in [2.05, 4.69) is 10.2 Å². The van der Waals surface area contributed by atoms with Crippen molar-refractivity contribution in [2.24, 2.45) is 0 Å². The van der Waals surface area contributed by atoms with Crippen molar-refractivity contribution in [3.05, 3.63) is 69.3 Å². The lowest BCUT2D eigenvalue weighted by atomic mass is 10.0. The predicted octanol–water partition coefficient (Wildman–Crippen LogP) is 3.43. The summed E-state index contributed by atoms with van der Waals surface area (Å²) in [6.07, 6.45) is 1.78. The van der Waals surface area contributed by atoms with Crippen molar-refractivity contribution in [3.8, 4) is 0 Å². The molecule has 0 spiro atoms. The lowest BCUT2D eigenvalue weighted by molar-refractivity contribution is -0.387. The Morgan fingerprint density at radius 3 is 2.55 bits per heavy atom. The van der Waals surface area contributed by atoms with E-state index in [9.17, 15) is 14.9 Å². The average Bonchev–Trinajstić information content (AvgIpc) is 2.74. The molecule has 0 bridgehead atoms. The first-order chi connectivity index (χ1) is 14.0. The molecule has 1 aliphatic heterocycles. The fraction of sp³-hybridized carbons (Fsp3) is 0.381. The first-order valence-electron chi connectivity index (χ1n) is 9.48. The Kier molecular flexibility index (Phi) is 7.24. The maximum atomic E-state index is 12.9. The highest BCUT2D eigenvalue weighted by Gasteiger charge is 2.22. The summed E-state index contributed by atoms with van der Waals surface area (Å²) in [5.74, 6) is -0.320. The number of nitro groups is 1. The molecule has 2 aromatic carbocycles. The second-order valence-corrected chi connectivity index (χ2v) is 7.84. The van der Waals surface area contributed by atoms with E-state index in [4.69, 9.17) is 4.74 Å². The fourth-order valence-corrected chi connectivity index (χ4v) is 3.84. The van der Waals surface area contributed by atoms with Gasteiger partial charge in [-0.15, -0.1) is 11.8 Å². The van der Waals surface area contributed by atoms with Crippen LogP contribution in [0.2, 0.25) is 0 Å². The smallest absolute Gasteiger partial charge is 0.283 e. The number of thioether (sulfide) groups is 1. The number of benzene rings is 2. The molecule has 8 heteroatoms. The summed E-state index contributed by atoms with van der Waals surface area (Å²) < 4.78 is 5.42. The van der Waals surface area contributed by atoms with Gasteiger partial charge in [-0.3, -0.25) is 19.8 Å². The quantitative estimate of drug-likeness (QED) is 0.424. The molecule has 7 nitrogen and oxygen atoms in total. The first-order valence-corrected chi connectivity index (χ1v) is 10.7. The van der Waals surface area contributed by atoms with Gasteiger partial charge in [0.25, 0.3) is 11.6 Å². The molecule has 1 N–H and O–H groups in total. The van der Waals surface area contributed by atoms with Crippen LogP contribution in [0, 0.1) is 17.0 Å². The van der Waals surface area contributed by atoms with Gasteiger partial charge in [0.05, 0.1) is 29.1 Å². The normalized spacial score (nSPS) is 15.7. The van der Waals surface area contributed by atoms with Crippen LogP contribution >= 0.6 is 11.8 Å². The second kappa shape index (κ2) is 9.87. The third-order valence-corrected chi connectivity index (χ3v) is 5.75. The van der Waals surface area contributed by atoms with E-state index in [1.165, 1.54) is 17.8 Å². The molecule has 0 aliphatic carbocycles. The number of rotatable bonds is 7. The maximum Gasteiger partial charge on any atom is 0.283 e. The number of ether oxygens (including phenoxy) is 1. The average molecular weight is 416 g/mol. The molecule has 1 atom stereocenters. The van der Waals surface area contributed by atoms with Crippen LogP contribution in [-0.4, -0.2) is 54.8 Å². The molecule has 0 radical (unpaired) electrons. The Labute approximate surface area is 174 Å². The van der Waals surface area contributed by atoms with Crippen molar-refractivity contribution in [1.82, 2.24) is 10.2 Å². The maximum absolute atomic E-state index is 12.9. The van der Waals surface area contributed by atoms with Crippen molar-refractivity contribution in [1.29, 1.82) is 0 Å². The number of carbonyl (C=O) groups excluding carboxylic acids is 1. The Morgan fingerprint density at radius 2 is 1.93 bits per heavy atom. The molecule has 154 valence electrons. The summed E-state index contributed by atoms with van der Waals surface area (Å²) >= 11 is 1.29. The first kappa shape index (κ1) is 21.3. The van der Waals surface area contributed by atoms with Crippen LogP contribution in [0.4, 0.5) is 5.69 Å². The molecule has 1 heterocycles. The summed E-state index contributed by atoms with van der Waals surface area (Å²) in [6.45, 7) is 5.65. The number of amides is 1. The van der Waals surface area contributed by atoms with E-state index < -0.39 is 4.92 Å². The number of hydrogen-bond donors (Lipinski definition) is 1. The van der Waals surface area contributed by atoms with Gasteiger partial charge < -0.3 is 10.1 Å². The zero-order chi connectivity index (χ0) is 20.8. The van der Waals surface area contributed by atoms with Crippen LogP contribution in [-0.2, 0) is 4.74 Å². The summed E-state index contributed by atoms with van der Waals surface area (Å²) in [4.78, 5) is 26.6. The summed E-state index contributed by atoms with van der Waals surface area (Å²) in [6, 6.07) is 12.5. The Bertz CT molecular complexity index is 867. The van der Waals surface area contributed by atoms with Gasteiger partial charge in [-0.1, -0.05) is 29.8 Å². The van der Waals surface area contributed by atoms with Crippen molar-refractivity contribution >= 4 is 23.4 Å². The van der Waals surface area contributed by atoms with Crippen LogP contribution in [0.5, 0.6) is 0 Å². The monoisotopic (exact) mass is 415 g/mol. The molecular weight excluding hydrogens is 390 g/mol. The molecule has 1 aliphatic rings. The van der Waals surface area contributed by atoms with Crippen molar-refractivity contribution in [2.75, 3.05) is 39.1 Å². The fourth-order valence-electron chi connectivity index (χ4n) is 3.29. The Balaban J connectivity index is 1.82. The SMILES string of the molecule is CSc1ccc(C(=O)N[C@H](CN2CCOCC2)c2ccc(C)cc2)cc1[N+](=O)[O-]. The summed E-state index contributed by atoms with van der Waals surface area (Å²) in [5, 5.41) is 14.4. The Hall–Kier alpha value is -2.42. The van der Waals surface area contributed by atoms with E-state index in [1.54, 1.807) is 18.4 Å². The number of carbonyl (C=O) groups is 1. The van der Waals surface area contributed by atoms with Crippen molar-refractivity contribution in [3.63, 3.8) is 0 Å². The van der Waals surface area contributed by atoms with Crippen LogP contribution in [0.25, 0.3) is 0 Å². The Morgan fingerprint density at radius 1 is 1.24 bits per heavy atom. The highest BCUT2D eigenvalue weighted by Crippen LogP contribution is 2.28. The molecule has 1 fully saturated rings. The minimum atomic E-state index is -0.451. The largest absolute Gasteiger partial charge is 0.379 e. The zero-order valence-corrected chi connectivity index (χ0v) is 17.4. The third-order valence-electron chi connectivity index (χ3n) is 4.97. The van der Waals surface area contributed by atoms with Crippen molar-refractivity contribution in [2.45, 2.75) is 17.9 Å². The van der Waals surface area contributed by atoms with Crippen LogP contribution in [0.1, 0.15) is 27.5 Å². The predicted molar refractivity (Wildman–Crippen MR) is 114 cm³/mol. The molecule has 2 aromatic rings. The number of nitrogens with one attached hydrogen (secondary N) is 1. The van der Waals surface area contributed by atoms with Gasteiger partial charge in [-0.05, 0) is 30.9 Å². The number of aryl methyl sites for hydroxylation is 1. The molecule has 29 heavy (non-hydrogen) atoms. The van der Waals surface area contributed by atoms with E-state index in [0.29, 0.717) is 24.7 Å². The molecule has 0 saturated carbocycles. The molecule has 3 rings (SSSR count). The van der Waals surface area contributed by atoms with Gasteiger partial charge in [0.15, 0.2) is 0 Å². The van der Waals surface area contributed by atoms with Crippen LogP contribution in [0.15, 0.2) is 47.4 Å². The van der Waals surface area contributed by atoms with E-state index in [1.807, 2.05) is 31.2 Å². The standard InChI is InChI=1S/C21H25N3O4S/c1-15-3-5-16(6-4-15)18(14-23-9-11-28-12-10-23)22-21(25)17-7-8-20(29-2)19(13-17)24(26)27/h3-8,13,18H,9-12,14H2,1-2H3,(H,22,25)/t18-/m1/s1. The van der Waals surface area contributed by atoms with Crippen LogP contribution < -0.4 is 5.32 Å². The summed E-state index contributed by atoms with van der Waals surface area (Å²) in [5.41, 5.74) is 2.39. The van der Waals surface area contributed by atoms with E-state index in [0.717, 1.165) is 24.2 Å². The number of hydrogen-bond acceptors (Lipinski definition) is 6. The molecular formula is C21H25N3O4S. The third kappa shape index (κ3) is 5.56. The second-order valence-electron chi connectivity index (χ2n) is 6.99. The topological polar surface area (TPSA) is 84.7 Å².